The molecule has 0 bridgehead atoms. The van der Waals surface area contributed by atoms with Crippen molar-refractivity contribution >= 4 is 28.5 Å². The summed E-state index contributed by atoms with van der Waals surface area (Å²) in [5, 5.41) is 17.9. The maximum absolute atomic E-state index is 12.3. The van der Waals surface area contributed by atoms with Crippen LogP contribution < -0.4 is 10.9 Å². The minimum Gasteiger partial charge on any atom is -0.478 e. The predicted octanol–water partition coefficient (Wildman–Crippen LogP) is 7.46. The lowest BCUT2D eigenvalue weighted by Gasteiger charge is -2.06. The topological polar surface area (TPSA) is 115 Å². The average Bonchev–Trinajstić information content (AvgIpc) is 3.22. The van der Waals surface area contributed by atoms with Gasteiger partial charge in [-0.1, -0.05) is 103 Å². The molecule has 0 fully saturated rings. The number of aliphatic carboxylic acids is 1. The van der Waals surface area contributed by atoms with E-state index in [0.29, 0.717) is 23.0 Å². The number of carbonyl (C=O) groups excluding carboxylic acids is 1. The fourth-order valence-corrected chi connectivity index (χ4v) is 4.52. The summed E-state index contributed by atoms with van der Waals surface area (Å²) in [6.45, 7) is 2.26. The van der Waals surface area contributed by atoms with Gasteiger partial charge in [0.05, 0.1) is 17.3 Å². The molecule has 1 heterocycles. The molecule has 7 nitrogen and oxygen atoms in total. The summed E-state index contributed by atoms with van der Waals surface area (Å²) in [7, 11) is 0. The number of carboxylic acids is 1. The standard InChI is InChI=1S/C29H45N3O4/c1-2-3-4-5-6-7-8-9-10-11-12-13-14-15-16-17-18-23(29(35)36)21-27(33)30-24-19-20-25-26(22-24)31-32-28(25)34/h18-20,22H,2-17,21H2,1H3,(H,30,33)(H,35,36)(H2,31,32,34)/b23-18+. The molecule has 4 N–H and O–H groups in total. The quantitative estimate of drug-likeness (QED) is 0.112. The van der Waals surface area contributed by atoms with Crippen LogP contribution in [0, 0.1) is 0 Å². The Bertz CT molecular complexity index is 1010. The summed E-state index contributed by atoms with van der Waals surface area (Å²) in [6, 6.07) is 4.89. The van der Waals surface area contributed by atoms with Crippen LogP contribution in [0.15, 0.2) is 34.6 Å². The number of nitrogens with one attached hydrogen (secondary N) is 3. The number of hydrogen-bond acceptors (Lipinski definition) is 3. The van der Waals surface area contributed by atoms with Crippen LogP contribution in [0.3, 0.4) is 0 Å². The van der Waals surface area contributed by atoms with E-state index in [9.17, 15) is 19.5 Å². The molecule has 0 aliphatic carbocycles. The molecular weight excluding hydrogens is 454 g/mol. The first-order valence-electron chi connectivity index (χ1n) is 13.9. The average molecular weight is 500 g/mol. The molecule has 0 saturated heterocycles. The zero-order chi connectivity index (χ0) is 26.0. The van der Waals surface area contributed by atoms with Gasteiger partial charge in [0.2, 0.25) is 5.91 Å². The number of aromatic amines is 2. The second-order valence-corrected chi connectivity index (χ2v) is 9.84. The number of aromatic nitrogens is 2. The fraction of sp³-hybridized carbons (Fsp3) is 0.621. The normalized spacial score (nSPS) is 11.8. The van der Waals surface area contributed by atoms with E-state index >= 15 is 0 Å². The third-order valence-corrected chi connectivity index (χ3v) is 6.68. The minimum atomic E-state index is -1.06. The van der Waals surface area contributed by atoms with Crippen molar-refractivity contribution in [1.29, 1.82) is 0 Å². The van der Waals surface area contributed by atoms with Crippen LogP contribution in [-0.2, 0) is 9.59 Å². The highest BCUT2D eigenvalue weighted by molar-refractivity contribution is 6.00. The highest BCUT2D eigenvalue weighted by Gasteiger charge is 2.13. The molecule has 2 aromatic rings. The maximum atomic E-state index is 12.3. The Labute approximate surface area is 215 Å². The van der Waals surface area contributed by atoms with E-state index in [-0.39, 0.29) is 17.6 Å². The number of fused-ring (bicyclic) bond motifs is 1. The van der Waals surface area contributed by atoms with Crippen molar-refractivity contribution < 1.29 is 14.7 Å². The molecule has 0 radical (unpaired) electrons. The molecule has 7 heteroatoms. The number of carboxylic acid groups (broad SMARTS) is 1. The van der Waals surface area contributed by atoms with Crippen LogP contribution in [-0.4, -0.2) is 27.2 Å². The Balaban J connectivity index is 1.53. The summed E-state index contributed by atoms with van der Waals surface area (Å²) in [6.07, 6.45) is 21.6. The number of benzene rings is 1. The van der Waals surface area contributed by atoms with Crippen molar-refractivity contribution in [3.8, 4) is 0 Å². The van der Waals surface area contributed by atoms with Crippen molar-refractivity contribution in [2.24, 2.45) is 0 Å². The molecule has 1 aromatic heterocycles. The number of allylic oxidation sites excluding steroid dienone is 1. The summed E-state index contributed by atoms with van der Waals surface area (Å²) in [5.74, 6) is -1.45. The number of H-pyrrole nitrogens is 2. The number of rotatable bonds is 20. The molecule has 36 heavy (non-hydrogen) atoms. The van der Waals surface area contributed by atoms with Gasteiger partial charge in [-0.2, -0.15) is 0 Å². The van der Waals surface area contributed by atoms with Crippen LogP contribution in [0.2, 0.25) is 0 Å². The minimum absolute atomic E-state index is 0.119. The van der Waals surface area contributed by atoms with E-state index in [1.54, 1.807) is 24.3 Å². The van der Waals surface area contributed by atoms with Gasteiger partial charge in [-0.05, 0) is 31.0 Å². The Kier molecular flexibility index (Phi) is 14.4. The van der Waals surface area contributed by atoms with Crippen LogP contribution >= 0.6 is 0 Å². The number of amides is 1. The number of anilines is 1. The Morgan fingerprint density at radius 3 is 1.94 bits per heavy atom. The van der Waals surface area contributed by atoms with E-state index in [4.69, 9.17) is 0 Å². The van der Waals surface area contributed by atoms with Gasteiger partial charge >= 0.3 is 5.97 Å². The second kappa shape index (κ2) is 17.6. The lowest BCUT2D eigenvalue weighted by molar-refractivity contribution is -0.133. The zero-order valence-electron chi connectivity index (χ0n) is 22.0. The van der Waals surface area contributed by atoms with Crippen LogP contribution in [0.5, 0.6) is 0 Å². The van der Waals surface area contributed by atoms with Crippen molar-refractivity contribution in [3.05, 3.63) is 40.2 Å². The van der Waals surface area contributed by atoms with Gasteiger partial charge in [0, 0.05) is 11.3 Å². The molecule has 200 valence electrons. The monoisotopic (exact) mass is 499 g/mol. The van der Waals surface area contributed by atoms with E-state index in [1.807, 2.05) is 0 Å². The number of unbranched alkanes of at least 4 members (excludes halogenated alkanes) is 15. The van der Waals surface area contributed by atoms with Crippen molar-refractivity contribution in [1.82, 2.24) is 10.2 Å². The fourth-order valence-electron chi connectivity index (χ4n) is 4.52. The number of hydrogen-bond donors (Lipinski definition) is 4. The van der Waals surface area contributed by atoms with E-state index in [2.05, 4.69) is 22.4 Å². The summed E-state index contributed by atoms with van der Waals surface area (Å²) < 4.78 is 0. The van der Waals surface area contributed by atoms with Crippen LogP contribution in [0.1, 0.15) is 116 Å². The van der Waals surface area contributed by atoms with E-state index in [1.165, 1.54) is 83.5 Å². The zero-order valence-corrected chi connectivity index (χ0v) is 22.0. The lowest BCUT2D eigenvalue weighted by atomic mass is 10.0. The van der Waals surface area contributed by atoms with Crippen molar-refractivity contribution in [2.45, 2.75) is 116 Å². The van der Waals surface area contributed by atoms with Gasteiger partial charge in [-0.15, -0.1) is 0 Å². The van der Waals surface area contributed by atoms with E-state index in [0.717, 1.165) is 12.8 Å². The number of carbonyl (C=O) groups is 2. The van der Waals surface area contributed by atoms with Gasteiger partial charge in [0.25, 0.3) is 5.56 Å². The molecule has 1 amide bonds. The van der Waals surface area contributed by atoms with Gasteiger partial charge in [-0.3, -0.25) is 19.8 Å². The Morgan fingerprint density at radius 1 is 0.833 bits per heavy atom. The summed E-state index contributed by atoms with van der Waals surface area (Å²) in [4.78, 5) is 35.5. The third-order valence-electron chi connectivity index (χ3n) is 6.68. The second-order valence-electron chi connectivity index (χ2n) is 9.84. The molecule has 2 rings (SSSR count). The maximum Gasteiger partial charge on any atom is 0.331 e. The molecule has 1 aromatic carbocycles. The highest BCUT2D eigenvalue weighted by atomic mass is 16.4. The van der Waals surface area contributed by atoms with Gasteiger partial charge in [0.15, 0.2) is 0 Å². The van der Waals surface area contributed by atoms with Gasteiger partial charge in [0.1, 0.15) is 0 Å². The molecule has 0 spiro atoms. The molecule has 0 atom stereocenters. The Hall–Kier alpha value is -2.83. The largest absolute Gasteiger partial charge is 0.478 e. The molecule has 0 saturated carbocycles. The molecule has 0 aliphatic rings. The smallest absolute Gasteiger partial charge is 0.331 e. The van der Waals surface area contributed by atoms with Gasteiger partial charge in [-0.25, -0.2) is 4.79 Å². The van der Waals surface area contributed by atoms with Crippen molar-refractivity contribution in [3.63, 3.8) is 0 Å². The SMILES string of the molecule is CCCCCCCCCCCCCCCCC/C=C(\CC(=O)Nc1ccc2c(=O)[nH][nH]c2c1)C(=O)O. The third kappa shape index (κ3) is 11.7. The van der Waals surface area contributed by atoms with Crippen LogP contribution in [0.25, 0.3) is 10.9 Å². The first-order chi connectivity index (χ1) is 17.5. The highest BCUT2D eigenvalue weighted by Crippen LogP contribution is 2.17. The lowest BCUT2D eigenvalue weighted by Crippen LogP contribution is -2.15. The van der Waals surface area contributed by atoms with Crippen LogP contribution in [0.4, 0.5) is 5.69 Å². The molecule has 0 aliphatic heterocycles. The molecule has 0 unspecified atom stereocenters. The van der Waals surface area contributed by atoms with E-state index < -0.39 is 11.9 Å². The molecular formula is C29H45N3O4. The first kappa shape index (κ1) is 29.4. The van der Waals surface area contributed by atoms with Gasteiger partial charge < -0.3 is 10.4 Å². The predicted molar refractivity (Wildman–Crippen MR) is 147 cm³/mol. The summed E-state index contributed by atoms with van der Waals surface area (Å²) >= 11 is 0. The Morgan fingerprint density at radius 2 is 1.39 bits per heavy atom. The first-order valence-corrected chi connectivity index (χ1v) is 13.9. The van der Waals surface area contributed by atoms with Crippen molar-refractivity contribution in [2.75, 3.05) is 5.32 Å². The summed E-state index contributed by atoms with van der Waals surface area (Å²) in [5.41, 5.74) is 0.988.